The van der Waals surface area contributed by atoms with Crippen LogP contribution in [0.3, 0.4) is 0 Å². The molecule has 1 spiro atoms. The van der Waals surface area contributed by atoms with Crippen molar-refractivity contribution in [3.05, 3.63) is 226 Å². The summed E-state index contributed by atoms with van der Waals surface area (Å²) in [6, 6.07) is 67.6. The third kappa shape index (κ3) is 5.08. The van der Waals surface area contributed by atoms with E-state index < -0.39 is 5.41 Å². The molecule has 2 aliphatic heterocycles. The third-order valence-electron chi connectivity index (χ3n) is 11.6. The van der Waals surface area contributed by atoms with Crippen LogP contribution >= 0.6 is 11.8 Å². The van der Waals surface area contributed by atoms with Crippen LogP contribution in [-0.2, 0) is 5.41 Å². The number of fused-ring (bicyclic) bond motifs is 10. The summed E-state index contributed by atoms with van der Waals surface area (Å²) >= 11 is 1.84. The first kappa shape index (κ1) is 32.7. The minimum absolute atomic E-state index is 0.167. The van der Waals surface area contributed by atoms with Gasteiger partial charge in [0.15, 0.2) is 0 Å². The van der Waals surface area contributed by atoms with Crippen LogP contribution in [0.25, 0.3) is 33.0 Å². The molecule has 3 aliphatic rings. The smallest absolute Gasteiger partial charge is 0.131 e. The first-order valence-electron chi connectivity index (χ1n) is 19.0. The maximum atomic E-state index is 9.51. The normalized spacial score (nSPS) is 18.9. The number of hydrogen-bond acceptors (Lipinski definition) is 5. The highest BCUT2D eigenvalue weighted by molar-refractivity contribution is 7.99. The van der Waals surface area contributed by atoms with Gasteiger partial charge in [0.1, 0.15) is 18.2 Å². The molecule has 1 aliphatic carbocycles. The van der Waals surface area contributed by atoms with Gasteiger partial charge in [-0.3, -0.25) is 5.32 Å². The van der Waals surface area contributed by atoms with E-state index >= 15 is 0 Å². The summed E-state index contributed by atoms with van der Waals surface area (Å²) in [6.45, 7) is 0. The van der Waals surface area contributed by atoms with Gasteiger partial charge in [-0.15, -0.1) is 0 Å². The van der Waals surface area contributed by atoms with E-state index in [2.05, 4.69) is 187 Å². The Labute approximate surface area is 330 Å². The van der Waals surface area contributed by atoms with Gasteiger partial charge in [-0.2, -0.15) is 5.26 Å². The number of aliphatic imine (C=N–C) groups is 1. The van der Waals surface area contributed by atoms with E-state index in [1.165, 1.54) is 53.9 Å². The summed E-state index contributed by atoms with van der Waals surface area (Å²) in [5.41, 5.74) is 13.2. The van der Waals surface area contributed by atoms with E-state index in [1.807, 2.05) is 23.9 Å². The summed E-state index contributed by atoms with van der Waals surface area (Å²) in [6.07, 6.45) is -0.412. The molecule has 5 heteroatoms. The summed E-state index contributed by atoms with van der Waals surface area (Å²) in [5.74, 6) is 0.856. The highest BCUT2D eigenvalue weighted by Gasteiger charge is 2.50. The molecule has 0 fully saturated rings. The molecule has 0 aromatic heterocycles. The molecule has 2 N–H and O–H groups in total. The molecular weight excluding hydrogens is 701 g/mol. The molecule has 3 unspecified atom stereocenters. The molecule has 11 rings (SSSR count). The van der Waals surface area contributed by atoms with Crippen molar-refractivity contribution in [1.29, 1.82) is 5.26 Å². The number of rotatable bonds is 4. The maximum Gasteiger partial charge on any atom is 0.131 e. The van der Waals surface area contributed by atoms with Gasteiger partial charge in [-0.25, -0.2) is 4.99 Å². The van der Waals surface area contributed by atoms with Crippen LogP contribution in [0.1, 0.15) is 56.8 Å². The van der Waals surface area contributed by atoms with Crippen LogP contribution < -0.4 is 10.6 Å². The fourth-order valence-electron chi connectivity index (χ4n) is 9.04. The Morgan fingerprint density at radius 1 is 0.518 bits per heavy atom. The molecule has 3 atom stereocenters. The predicted molar refractivity (Wildman–Crippen MR) is 227 cm³/mol. The molecule has 264 valence electrons. The minimum Gasteiger partial charge on any atom is -0.350 e. The van der Waals surface area contributed by atoms with Gasteiger partial charge < -0.3 is 5.32 Å². The van der Waals surface area contributed by atoms with Crippen molar-refractivity contribution in [1.82, 2.24) is 10.6 Å². The van der Waals surface area contributed by atoms with Crippen molar-refractivity contribution in [2.75, 3.05) is 0 Å². The molecule has 0 amide bonds. The Hall–Kier alpha value is -6.71. The standard InChI is InChI=1S/C51H34N4S/c52-31-32-18-20-34(21-19-32)37-25-27-47-45(29-37)51(43-16-8-9-17-46(43)56-47)42-15-7-6-14-40(42)41-26-24-39(30-44(41)51)50-54-48(35-11-2-1-3-12-35)53-49(55-50)38-23-22-33-10-4-5-13-36(33)28-38/h1-30,48-49,53H,(H,54,55). The van der Waals surface area contributed by atoms with E-state index in [9.17, 15) is 5.26 Å². The van der Waals surface area contributed by atoms with Crippen molar-refractivity contribution < 1.29 is 0 Å². The van der Waals surface area contributed by atoms with Crippen molar-refractivity contribution in [3.8, 4) is 28.3 Å². The van der Waals surface area contributed by atoms with Crippen molar-refractivity contribution >= 4 is 28.4 Å². The molecule has 0 bridgehead atoms. The van der Waals surface area contributed by atoms with Gasteiger partial charge in [0.05, 0.1) is 17.0 Å². The maximum absolute atomic E-state index is 9.51. The lowest BCUT2D eigenvalue weighted by Gasteiger charge is -2.40. The van der Waals surface area contributed by atoms with Gasteiger partial charge in [0, 0.05) is 15.4 Å². The van der Waals surface area contributed by atoms with Crippen LogP contribution in [-0.4, -0.2) is 5.84 Å². The van der Waals surface area contributed by atoms with E-state index in [4.69, 9.17) is 4.99 Å². The lowest BCUT2D eigenvalue weighted by molar-refractivity contribution is 0.409. The number of nitrogens with one attached hydrogen (secondary N) is 2. The zero-order valence-corrected chi connectivity index (χ0v) is 31.1. The number of amidine groups is 1. The average Bonchev–Trinajstić information content (AvgIpc) is 3.56. The number of benzene rings is 8. The Morgan fingerprint density at radius 2 is 1.20 bits per heavy atom. The molecule has 56 heavy (non-hydrogen) atoms. The van der Waals surface area contributed by atoms with Crippen LogP contribution in [0.2, 0.25) is 0 Å². The summed E-state index contributed by atoms with van der Waals surface area (Å²) < 4.78 is 0. The van der Waals surface area contributed by atoms with Gasteiger partial charge in [-0.05, 0) is 109 Å². The van der Waals surface area contributed by atoms with E-state index in [-0.39, 0.29) is 12.3 Å². The van der Waals surface area contributed by atoms with Gasteiger partial charge >= 0.3 is 0 Å². The van der Waals surface area contributed by atoms with Gasteiger partial charge in [-0.1, -0.05) is 151 Å². The Balaban J connectivity index is 1.12. The molecule has 4 nitrogen and oxygen atoms in total. The van der Waals surface area contributed by atoms with E-state index in [0.29, 0.717) is 5.56 Å². The minimum atomic E-state index is -0.564. The van der Waals surface area contributed by atoms with E-state index in [0.717, 1.165) is 33.7 Å². The molecular formula is C51H34N4S. The lowest BCUT2D eigenvalue weighted by atomic mass is 9.66. The van der Waals surface area contributed by atoms with Gasteiger partial charge in [0.2, 0.25) is 0 Å². The van der Waals surface area contributed by atoms with Crippen LogP contribution in [0, 0.1) is 11.3 Å². The van der Waals surface area contributed by atoms with Crippen LogP contribution in [0.4, 0.5) is 0 Å². The SMILES string of the molecule is N#Cc1ccc(-c2ccc3c(c2)C2(c4ccccc4S3)c3ccccc3-c3ccc(C4=NC(c5ccccc5)NC(c5ccc6ccccc6c5)N4)cc32)cc1. The summed E-state index contributed by atoms with van der Waals surface area (Å²) in [7, 11) is 0. The van der Waals surface area contributed by atoms with Crippen molar-refractivity contribution in [2.24, 2.45) is 4.99 Å². The average molecular weight is 735 g/mol. The van der Waals surface area contributed by atoms with Crippen LogP contribution in [0.15, 0.2) is 197 Å². The van der Waals surface area contributed by atoms with Gasteiger partial charge in [0.25, 0.3) is 0 Å². The molecule has 8 aromatic rings. The second-order valence-corrected chi connectivity index (χ2v) is 15.8. The fourth-order valence-corrected chi connectivity index (χ4v) is 10.2. The molecule has 0 saturated heterocycles. The Bertz CT molecular complexity index is 2930. The zero-order chi connectivity index (χ0) is 37.2. The zero-order valence-electron chi connectivity index (χ0n) is 30.3. The molecule has 0 saturated carbocycles. The molecule has 0 radical (unpaired) electrons. The lowest BCUT2D eigenvalue weighted by Crippen LogP contribution is -2.45. The Kier molecular flexibility index (Phi) is 7.57. The molecule has 2 heterocycles. The Morgan fingerprint density at radius 3 is 2.05 bits per heavy atom. The van der Waals surface area contributed by atoms with E-state index in [1.54, 1.807) is 0 Å². The molecule has 8 aromatic carbocycles. The highest BCUT2D eigenvalue weighted by atomic mass is 32.2. The number of nitriles is 1. The predicted octanol–water partition coefficient (Wildman–Crippen LogP) is 11.5. The summed E-state index contributed by atoms with van der Waals surface area (Å²) in [5, 5.41) is 19.6. The largest absolute Gasteiger partial charge is 0.350 e. The highest BCUT2D eigenvalue weighted by Crippen LogP contribution is 2.62. The second kappa shape index (κ2) is 13.0. The first-order chi connectivity index (χ1) is 27.7. The fraction of sp³-hybridized carbons (Fsp3) is 0.0588. The van der Waals surface area contributed by atoms with Crippen LogP contribution in [0.5, 0.6) is 0 Å². The first-order valence-corrected chi connectivity index (χ1v) is 19.8. The number of nitrogens with zero attached hydrogens (tertiary/aromatic N) is 2. The summed E-state index contributed by atoms with van der Waals surface area (Å²) in [4.78, 5) is 7.90. The van der Waals surface area contributed by atoms with Crippen molar-refractivity contribution in [2.45, 2.75) is 27.5 Å². The second-order valence-electron chi connectivity index (χ2n) is 14.7. The monoisotopic (exact) mass is 734 g/mol. The third-order valence-corrected chi connectivity index (χ3v) is 12.8. The van der Waals surface area contributed by atoms with Crippen molar-refractivity contribution in [3.63, 3.8) is 0 Å². The number of hydrogen-bond donors (Lipinski definition) is 2. The quantitative estimate of drug-likeness (QED) is 0.189. The topological polar surface area (TPSA) is 60.2 Å².